The zero-order valence-corrected chi connectivity index (χ0v) is 16.0. The molecular weight excluding hydrogens is 352 g/mol. The first kappa shape index (κ1) is 20.1. The highest BCUT2D eigenvalue weighted by atomic mass is 32.2. The second-order valence-electron chi connectivity index (χ2n) is 5.77. The average Bonchev–Trinajstić information content (AvgIpc) is 3.07. The molecule has 0 saturated heterocycles. The largest absolute Gasteiger partial charge is 0.464 e. The van der Waals surface area contributed by atoms with E-state index in [1.54, 1.807) is 19.2 Å². The van der Waals surface area contributed by atoms with Gasteiger partial charge in [0.1, 0.15) is 11.5 Å². The molecule has 140 valence electrons. The summed E-state index contributed by atoms with van der Waals surface area (Å²) in [7, 11) is 1.58. The molecule has 6 nitrogen and oxygen atoms in total. The third-order valence-electron chi connectivity index (χ3n) is 3.65. The molecule has 1 heterocycles. The number of hydrogen-bond donors (Lipinski definition) is 2. The molecule has 1 unspecified atom stereocenters. The van der Waals surface area contributed by atoms with E-state index in [2.05, 4.69) is 10.6 Å². The Labute approximate surface area is 157 Å². The second-order valence-corrected chi connectivity index (χ2v) is 6.79. The van der Waals surface area contributed by atoms with Crippen LogP contribution < -0.4 is 10.6 Å². The molecule has 2 aromatic rings. The number of furan rings is 1. The smallest absolute Gasteiger partial charge is 0.252 e. The predicted octanol–water partition coefficient (Wildman–Crippen LogP) is 2.93. The van der Waals surface area contributed by atoms with Crippen molar-refractivity contribution >= 4 is 23.6 Å². The van der Waals surface area contributed by atoms with Gasteiger partial charge < -0.3 is 19.8 Å². The van der Waals surface area contributed by atoms with Crippen molar-refractivity contribution in [2.75, 3.05) is 26.0 Å². The Morgan fingerprint density at radius 3 is 2.69 bits per heavy atom. The summed E-state index contributed by atoms with van der Waals surface area (Å²) < 4.78 is 10.5. The summed E-state index contributed by atoms with van der Waals surface area (Å²) >= 11 is 1.33. The maximum atomic E-state index is 12.6. The monoisotopic (exact) mass is 376 g/mol. The third kappa shape index (κ3) is 5.93. The van der Waals surface area contributed by atoms with Crippen LogP contribution in [0.25, 0.3) is 0 Å². The van der Waals surface area contributed by atoms with Crippen molar-refractivity contribution in [1.82, 2.24) is 10.6 Å². The van der Waals surface area contributed by atoms with Crippen LogP contribution >= 0.6 is 11.8 Å². The molecule has 0 aliphatic rings. The minimum absolute atomic E-state index is 0.0957. The number of carbonyl (C=O) groups excluding carboxylic acids is 2. The molecule has 26 heavy (non-hydrogen) atoms. The molecule has 0 aliphatic heterocycles. The minimum atomic E-state index is -0.244. The highest BCUT2D eigenvalue weighted by Gasteiger charge is 2.17. The lowest BCUT2D eigenvalue weighted by Gasteiger charge is -2.14. The van der Waals surface area contributed by atoms with Gasteiger partial charge in [-0.2, -0.15) is 0 Å². The van der Waals surface area contributed by atoms with E-state index >= 15 is 0 Å². The first-order valence-electron chi connectivity index (χ1n) is 8.36. The average molecular weight is 376 g/mol. The summed E-state index contributed by atoms with van der Waals surface area (Å²) in [6, 6.07) is 10.7. The number of carbonyl (C=O) groups is 2. The standard InChI is InChI=1S/C19H24N2O4S/c1-13-8-9-16(25-13)14(2)21-19(23)15-6-4-5-7-17(15)26-12-18(22)20-10-11-24-3/h4-9,14H,10-12H2,1-3H3,(H,20,22)(H,21,23). The SMILES string of the molecule is COCCNC(=O)CSc1ccccc1C(=O)NC(C)c1ccc(C)o1. The van der Waals surface area contributed by atoms with Crippen molar-refractivity contribution in [1.29, 1.82) is 0 Å². The lowest BCUT2D eigenvalue weighted by molar-refractivity contribution is -0.118. The van der Waals surface area contributed by atoms with Crippen LogP contribution in [0, 0.1) is 6.92 Å². The quantitative estimate of drug-likeness (QED) is 0.520. The van der Waals surface area contributed by atoms with Crippen LogP contribution in [0.15, 0.2) is 45.7 Å². The summed E-state index contributed by atoms with van der Waals surface area (Å²) in [6.45, 7) is 4.68. The van der Waals surface area contributed by atoms with Crippen LogP contribution in [0.5, 0.6) is 0 Å². The predicted molar refractivity (Wildman–Crippen MR) is 101 cm³/mol. The van der Waals surface area contributed by atoms with Crippen LogP contribution in [0.3, 0.4) is 0 Å². The van der Waals surface area contributed by atoms with Gasteiger partial charge in [-0.25, -0.2) is 0 Å². The van der Waals surface area contributed by atoms with Gasteiger partial charge in [0.2, 0.25) is 5.91 Å². The molecule has 1 aromatic carbocycles. The molecule has 0 radical (unpaired) electrons. The fourth-order valence-corrected chi connectivity index (χ4v) is 3.18. The maximum Gasteiger partial charge on any atom is 0.252 e. The van der Waals surface area contributed by atoms with Crippen LogP contribution in [0.4, 0.5) is 0 Å². The molecule has 1 aromatic heterocycles. The Hall–Kier alpha value is -2.25. The highest BCUT2D eigenvalue weighted by Crippen LogP contribution is 2.23. The van der Waals surface area contributed by atoms with Crippen LogP contribution in [0.1, 0.15) is 34.8 Å². The molecule has 2 amide bonds. The van der Waals surface area contributed by atoms with E-state index in [1.165, 1.54) is 11.8 Å². The maximum absolute atomic E-state index is 12.6. The molecule has 0 spiro atoms. The van der Waals surface area contributed by atoms with Gasteiger partial charge in [0.25, 0.3) is 5.91 Å². The summed E-state index contributed by atoms with van der Waals surface area (Å²) in [6.07, 6.45) is 0. The fourth-order valence-electron chi connectivity index (χ4n) is 2.30. The van der Waals surface area contributed by atoms with Gasteiger partial charge in [0.15, 0.2) is 0 Å². The van der Waals surface area contributed by atoms with E-state index < -0.39 is 0 Å². The van der Waals surface area contributed by atoms with Gasteiger partial charge in [-0.1, -0.05) is 12.1 Å². The Morgan fingerprint density at radius 1 is 1.23 bits per heavy atom. The van der Waals surface area contributed by atoms with Crippen molar-refractivity contribution in [3.8, 4) is 0 Å². The van der Waals surface area contributed by atoms with E-state index in [0.29, 0.717) is 24.5 Å². The first-order chi connectivity index (χ1) is 12.5. The van der Waals surface area contributed by atoms with E-state index in [0.717, 1.165) is 10.7 Å². The summed E-state index contributed by atoms with van der Waals surface area (Å²) in [5.74, 6) is 1.45. The number of ether oxygens (including phenoxy) is 1. The van der Waals surface area contributed by atoms with Gasteiger partial charge in [0.05, 0.1) is 24.0 Å². The molecule has 0 saturated carbocycles. The fraction of sp³-hybridized carbons (Fsp3) is 0.368. The normalized spacial score (nSPS) is 11.8. The van der Waals surface area contributed by atoms with Crippen LogP contribution in [0.2, 0.25) is 0 Å². The lowest BCUT2D eigenvalue weighted by atomic mass is 10.2. The van der Waals surface area contributed by atoms with Gasteiger partial charge in [-0.15, -0.1) is 11.8 Å². The molecule has 7 heteroatoms. The van der Waals surface area contributed by atoms with Crippen molar-refractivity contribution in [3.63, 3.8) is 0 Å². The van der Waals surface area contributed by atoms with E-state index in [9.17, 15) is 9.59 Å². The van der Waals surface area contributed by atoms with Crippen molar-refractivity contribution in [3.05, 3.63) is 53.5 Å². The number of benzene rings is 1. The molecule has 1 atom stereocenters. The molecule has 0 bridgehead atoms. The third-order valence-corrected chi connectivity index (χ3v) is 4.73. The van der Waals surface area contributed by atoms with Crippen LogP contribution in [-0.4, -0.2) is 37.8 Å². The van der Waals surface area contributed by atoms with Gasteiger partial charge in [0, 0.05) is 18.6 Å². The van der Waals surface area contributed by atoms with E-state index in [-0.39, 0.29) is 23.6 Å². The lowest BCUT2D eigenvalue weighted by Crippen LogP contribution is -2.29. The highest BCUT2D eigenvalue weighted by molar-refractivity contribution is 8.00. The van der Waals surface area contributed by atoms with E-state index in [1.807, 2.05) is 38.1 Å². The Bertz CT molecular complexity index is 745. The summed E-state index contributed by atoms with van der Waals surface area (Å²) in [5.41, 5.74) is 0.539. The Kier molecular flexibility index (Phi) is 7.74. The summed E-state index contributed by atoms with van der Waals surface area (Å²) in [4.78, 5) is 25.2. The van der Waals surface area contributed by atoms with Crippen molar-refractivity contribution in [2.24, 2.45) is 0 Å². The molecule has 0 aliphatic carbocycles. The van der Waals surface area contributed by atoms with Gasteiger partial charge in [-0.05, 0) is 38.1 Å². The number of nitrogens with one attached hydrogen (secondary N) is 2. The van der Waals surface area contributed by atoms with Crippen molar-refractivity contribution < 1.29 is 18.7 Å². The number of aryl methyl sites for hydroxylation is 1. The van der Waals surface area contributed by atoms with Crippen molar-refractivity contribution in [2.45, 2.75) is 24.8 Å². The Morgan fingerprint density at radius 2 is 2.00 bits per heavy atom. The summed E-state index contributed by atoms with van der Waals surface area (Å²) in [5, 5.41) is 5.69. The molecule has 2 N–H and O–H groups in total. The minimum Gasteiger partial charge on any atom is -0.464 e. The second kappa shape index (κ2) is 10.0. The Balaban J connectivity index is 1.96. The molecule has 2 rings (SSSR count). The number of thioether (sulfide) groups is 1. The zero-order chi connectivity index (χ0) is 18.9. The topological polar surface area (TPSA) is 80.6 Å². The van der Waals surface area contributed by atoms with Crippen LogP contribution in [-0.2, 0) is 9.53 Å². The number of rotatable bonds is 9. The molecule has 0 fully saturated rings. The zero-order valence-electron chi connectivity index (χ0n) is 15.2. The van der Waals surface area contributed by atoms with Gasteiger partial charge >= 0.3 is 0 Å². The first-order valence-corrected chi connectivity index (χ1v) is 9.34. The van der Waals surface area contributed by atoms with E-state index in [4.69, 9.17) is 9.15 Å². The van der Waals surface area contributed by atoms with Gasteiger partial charge in [-0.3, -0.25) is 9.59 Å². The number of amides is 2. The number of hydrogen-bond acceptors (Lipinski definition) is 5. The number of methoxy groups -OCH3 is 1. The molecular formula is C19H24N2O4S.